The molecule has 0 spiro atoms. The highest BCUT2D eigenvalue weighted by atomic mass is 16.5. The number of nitrogens with one attached hydrogen (secondary N) is 1. The minimum atomic E-state index is -0.927. The van der Waals surface area contributed by atoms with Crippen molar-refractivity contribution >= 4 is 22.6 Å². The van der Waals surface area contributed by atoms with Crippen LogP contribution in [-0.2, 0) is 16.6 Å². The second kappa shape index (κ2) is 6.93. The van der Waals surface area contributed by atoms with Crippen LogP contribution in [-0.4, -0.2) is 33.3 Å². The normalized spacial score (nSPS) is 30.3. The van der Waals surface area contributed by atoms with E-state index in [2.05, 4.69) is 10.4 Å². The first-order valence-corrected chi connectivity index (χ1v) is 10.8. The minimum Gasteiger partial charge on any atom is -0.448 e. The largest absolute Gasteiger partial charge is 0.448 e. The van der Waals surface area contributed by atoms with Crippen LogP contribution in [0.3, 0.4) is 0 Å². The Morgan fingerprint density at radius 1 is 1.10 bits per heavy atom. The first kappa shape index (κ1) is 19.3. The number of benzene rings is 1. The fourth-order valence-corrected chi connectivity index (χ4v) is 6.35. The highest BCUT2D eigenvalue weighted by Gasteiger charge is 2.51. The standard InChI is InChI=1S/C23H27N3O4/c1-13(20(27)24-23-10-14-7-15(11-23)9-16(8-14)12-23)30-22(29)19-17-5-3-4-6-18(17)21(28)26(2)25-19/h3-6,13-16H,7-12H2,1-2H3,(H,24,27)/t13-,14?,15?,16?,23?/m1/s1. The summed E-state index contributed by atoms with van der Waals surface area (Å²) in [4.78, 5) is 38.0. The van der Waals surface area contributed by atoms with Crippen molar-refractivity contribution in [1.82, 2.24) is 15.1 Å². The van der Waals surface area contributed by atoms with Crippen molar-refractivity contribution in [2.75, 3.05) is 0 Å². The summed E-state index contributed by atoms with van der Waals surface area (Å²) < 4.78 is 6.61. The van der Waals surface area contributed by atoms with Crippen molar-refractivity contribution in [1.29, 1.82) is 0 Å². The number of aromatic nitrogens is 2. The maximum Gasteiger partial charge on any atom is 0.360 e. The Morgan fingerprint density at radius 3 is 2.27 bits per heavy atom. The van der Waals surface area contributed by atoms with E-state index in [1.807, 2.05) is 0 Å². The Hall–Kier alpha value is -2.70. The summed E-state index contributed by atoms with van der Waals surface area (Å²) in [5, 5.41) is 8.16. The van der Waals surface area contributed by atoms with E-state index in [4.69, 9.17) is 4.74 Å². The summed E-state index contributed by atoms with van der Waals surface area (Å²) in [5.41, 5.74) is -0.370. The molecule has 7 heteroatoms. The van der Waals surface area contributed by atoms with Gasteiger partial charge in [0.1, 0.15) is 0 Å². The van der Waals surface area contributed by atoms with Crippen LogP contribution >= 0.6 is 0 Å². The second-order valence-corrected chi connectivity index (χ2v) is 9.56. The van der Waals surface area contributed by atoms with Crippen molar-refractivity contribution in [3.05, 3.63) is 40.3 Å². The molecule has 2 aromatic rings. The third kappa shape index (κ3) is 3.20. The van der Waals surface area contributed by atoms with Crippen molar-refractivity contribution in [2.24, 2.45) is 24.8 Å². The Balaban J connectivity index is 1.32. The molecule has 1 N–H and O–H groups in total. The SMILES string of the molecule is C[C@@H](OC(=O)c1nn(C)c(=O)c2ccccc12)C(=O)NC12CC3CC(CC(C3)C1)C2. The summed E-state index contributed by atoms with van der Waals surface area (Å²) in [6.45, 7) is 1.60. The molecule has 4 aliphatic carbocycles. The zero-order chi connectivity index (χ0) is 21.0. The summed E-state index contributed by atoms with van der Waals surface area (Å²) in [6, 6.07) is 6.80. The number of aryl methyl sites for hydroxylation is 1. The highest BCUT2D eigenvalue weighted by molar-refractivity contribution is 6.02. The molecule has 1 aromatic heterocycles. The zero-order valence-corrected chi connectivity index (χ0v) is 17.4. The molecule has 4 saturated carbocycles. The van der Waals surface area contributed by atoms with Gasteiger partial charge in [0.15, 0.2) is 11.8 Å². The van der Waals surface area contributed by atoms with Gasteiger partial charge in [-0.25, -0.2) is 9.48 Å². The van der Waals surface area contributed by atoms with Crippen LogP contribution in [0.25, 0.3) is 10.8 Å². The van der Waals surface area contributed by atoms with Crippen molar-refractivity contribution < 1.29 is 14.3 Å². The summed E-state index contributed by atoms with van der Waals surface area (Å²) in [7, 11) is 1.49. The number of esters is 1. The number of hydrogen-bond acceptors (Lipinski definition) is 5. The molecular weight excluding hydrogens is 382 g/mol. The highest BCUT2D eigenvalue weighted by Crippen LogP contribution is 2.55. The van der Waals surface area contributed by atoms with Gasteiger partial charge in [0.2, 0.25) is 0 Å². The molecule has 0 aliphatic heterocycles. The first-order valence-electron chi connectivity index (χ1n) is 10.8. The monoisotopic (exact) mass is 409 g/mol. The van der Waals surface area contributed by atoms with Gasteiger partial charge in [0, 0.05) is 18.0 Å². The van der Waals surface area contributed by atoms with Crippen molar-refractivity contribution in [2.45, 2.75) is 57.1 Å². The van der Waals surface area contributed by atoms with Gasteiger partial charge in [0.25, 0.3) is 11.5 Å². The molecule has 4 aliphatic rings. The van der Waals surface area contributed by atoms with Gasteiger partial charge in [-0.1, -0.05) is 18.2 Å². The average Bonchev–Trinajstić information content (AvgIpc) is 2.69. The van der Waals surface area contributed by atoms with E-state index < -0.39 is 12.1 Å². The molecule has 4 bridgehead atoms. The van der Waals surface area contributed by atoms with E-state index in [0.29, 0.717) is 10.8 Å². The second-order valence-electron chi connectivity index (χ2n) is 9.56. The maximum absolute atomic E-state index is 12.9. The third-order valence-corrected chi connectivity index (χ3v) is 7.23. The molecule has 1 aromatic carbocycles. The molecule has 7 nitrogen and oxygen atoms in total. The number of ether oxygens (including phenoxy) is 1. The molecule has 0 radical (unpaired) electrons. The Bertz CT molecular complexity index is 1050. The first-order chi connectivity index (χ1) is 14.3. The van der Waals surface area contributed by atoms with Gasteiger partial charge in [-0.15, -0.1) is 0 Å². The number of rotatable bonds is 4. The van der Waals surface area contributed by atoms with Crippen LogP contribution in [0.4, 0.5) is 0 Å². The predicted molar refractivity (Wildman–Crippen MR) is 111 cm³/mol. The Labute approximate surface area is 174 Å². The van der Waals surface area contributed by atoms with Crippen LogP contribution in [0.1, 0.15) is 55.9 Å². The maximum atomic E-state index is 12.9. The molecule has 1 atom stereocenters. The predicted octanol–water partition coefficient (Wildman–Crippen LogP) is 2.56. The Kier molecular flexibility index (Phi) is 4.45. The molecular formula is C23H27N3O4. The number of carbonyl (C=O) groups excluding carboxylic acids is 2. The molecule has 0 saturated heterocycles. The number of hydrogen-bond donors (Lipinski definition) is 1. The third-order valence-electron chi connectivity index (χ3n) is 7.23. The number of fused-ring (bicyclic) bond motifs is 1. The van der Waals surface area contributed by atoms with Crippen LogP contribution < -0.4 is 10.9 Å². The molecule has 6 rings (SSSR count). The van der Waals surface area contributed by atoms with Crippen LogP contribution in [0.15, 0.2) is 29.1 Å². The van der Waals surface area contributed by atoms with E-state index in [1.54, 1.807) is 31.2 Å². The quantitative estimate of drug-likeness (QED) is 0.784. The summed E-state index contributed by atoms with van der Waals surface area (Å²) >= 11 is 0. The zero-order valence-electron chi connectivity index (χ0n) is 17.4. The molecule has 158 valence electrons. The fraction of sp³-hybridized carbons (Fsp3) is 0.565. The Morgan fingerprint density at radius 2 is 1.67 bits per heavy atom. The molecule has 30 heavy (non-hydrogen) atoms. The fourth-order valence-electron chi connectivity index (χ4n) is 6.35. The lowest BCUT2D eigenvalue weighted by Crippen LogP contribution is -2.61. The topological polar surface area (TPSA) is 90.3 Å². The number of nitrogens with zero attached hydrogens (tertiary/aromatic N) is 2. The van der Waals surface area contributed by atoms with Gasteiger partial charge in [0.05, 0.1) is 5.39 Å². The van der Waals surface area contributed by atoms with Crippen LogP contribution in [0.5, 0.6) is 0 Å². The van der Waals surface area contributed by atoms with Gasteiger partial charge < -0.3 is 10.1 Å². The lowest BCUT2D eigenvalue weighted by atomic mass is 9.53. The van der Waals surface area contributed by atoms with Gasteiger partial charge in [-0.2, -0.15) is 5.10 Å². The molecule has 4 fully saturated rings. The van der Waals surface area contributed by atoms with Crippen LogP contribution in [0, 0.1) is 17.8 Å². The smallest absolute Gasteiger partial charge is 0.360 e. The molecule has 0 unspecified atom stereocenters. The van der Waals surface area contributed by atoms with E-state index in [-0.39, 0.29) is 22.7 Å². The van der Waals surface area contributed by atoms with E-state index in [1.165, 1.54) is 26.3 Å². The average molecular weight is 409 g/mol. The van der Waals surface area contributed by atoms with Gasteiger partial charge >= 0.3 is 5.97 Å². The lowest BCUT2D eigenvalue weighted by molar-refractivity contribution is -0.134. The molecule has 1 heterocycles. The van der Waals surface area contributed by atoms with Gasteiger partial charge in [-0.05, 0) is 69.3 Å². The van der Waals surface area contributed by atoms with Crippen molar-refractivity contribution in [3.63, 3.8) is 0 Å². The van der Waals surface area contributed by atoms with Crippen LogP contribution in [0.2, 0.25) is 0 Å². The summed E-state index contributed by atoms with van der Waals surface area (Å²) in [6.07, 6.45) is 6.08. The number of carbonyl (C=O) groups is 2. The van der Waals surface area contributed by atoms with E-state index in [9.17, 15) is 14.4 Å². The number of amides is 1. The molecule has 1 amide bonds. The van der Waals surface area contributed by atoms with E-state index in [0.717, 1.165) is 41.7 Å². The van der Waals surface area contributed by atoms with Crippen molar-refractivity contribution in [3.8, 4) is 0 Å². The minimum absolute atomic E-state index is 0.0437. The lowest BCUT2D eigenvalue weighted by Gasteiger charge is -2.57. The van der Waals surface area contributed by atoms with E-state index >= 15 is 0 Å². The summed E-state index contributed by atoms with van der Waals surface area (Å²) in [5.74, 6) is 1.20. The van der Waals surface area contributed by atoms with Gasteiger partial charge in [-0.3, -0.25) is 9.59 Å².